The average molecular weight is 495 g/mol. The van der Waals surface area contributed by atoms with Crippen molar-refractivity contribution in [2.45, 2.75) is 19.1 Å². The van der Waals surface area contributed by atoms with Gasteiger partial charge in [0.05, 0.1) is 18.4 Å². The summed E-state index contributed by atoms with van der Waals surface area (Å²) in [4.78, 5) is 42.8. The molecule has 3 heterocycles. The Kier molecular flexibility index (Phi) is 5.64. The second-order valence-corrected chi connectivity index (χ2v) is 9.19. The monoisotopic (exact) mass is 494 g/mol. The highest BCUT2D eigenvalue weighted by molar-refractivity contribution is 6.16. The largest absolute Gasteiger partial charge is 0.497 e. The van der Waals surface area contributed by atoms with Gasteiger partial charge >= 0.3 is 0 Å². The van der Waals surface area contributed by atoms with E-state index in [1.54, 1.807) is 41.2 Å². The minimum Gasteiger partial charge on any atom is -0.497 e. The fourth-order valence-electron chi connectivity index (χ4n) is 5.33. The van der Waals surface area contributed by atoms with Crippen molar-refractivity contribution < 1.29 is 19.1 Å². The molecular formula is C29H26N4O4. The highest BCUT2D eigenvalue weighted by Crippen LogP contribution is 2.45. The summed E-state index contributed by atoms with van der Waals surface area (Å²) in [6, 6.07) is 22.4. The Hall–Kier alpha value is -4.59. The molecule has 3 aromatic carbocycles. The molecule has 0 spiro atoms. The van der Waals surface area contributed by atoms with Crippen LogP contribution in [0, 0.1) is 0 Å². The van der Waals surface area contributed by atoms with Crippen molar-refractivity contribution in [3.8, 4) is 5.75 Å². The third-order valence-electron chi connectivity index (χ3n) is 7.12. The zero-order chi connectivity index (χ0) is 25.5. The van der Waals surface area contributed by atoms with E-state index >= 15 is 0 Å². The number of nitrogens with zero attached hydrogens (tertiary/aromatic N) is 3. The molecular weight excluding hydrogens is 468 g/mol. The highest BCUT2D eigenvalue weighted by atomic mass is 16.5. The highest BCUT2D eigenvalue weighted by Gasteiger charge is 2.47. The van der Waals surface area contributed by atoms with Gasteiger partial charge in [0.2, 0.25) is 5.91 Å². The summed E-state index contributed by atoms with van der Waals surface area (Å²) in [6.45, 7) is 1.28. The lowest BCUT2D eigenvalue weighted by molar-refractivity contribution is -0.121. The molecule has 2 aliphatic heterocycles. The molecule has 0 aliphatic carbocycles. The smallest absolute Gasteiger partial charge is 0.260 e. The van der Waals surface area contributed by atoms with Crippen LogP contribution in [0.15, 0.2) is 79.0 Å². The number of fused-ring (bicyclic) bond motifs is 6. The van der Waals surface area contributed by atoms with Crippen molar-refractivity contribution in [3.63, 3.8) is 0 Å². The Morgan fingerprint density at radius 3 is 2.54 bits per heavy atom. The second kappa shape index (κ2) is 9.13. The summed E-state index contributed by atoms with van der Waals surface area (Å²) < 4.78 is 7.37. The Morgan fingerprint density at radius 1 is 0.919 bits per heavy atom. The molecule has 186 valence electrons. The second-order valence-electron chi connectivity index (χ2n) is 9.19. The number of aromatic nitrogens is 1. The van der Waals surface area contributed by atoms with Crippen LogP contribution in [0.25, 0.3) is 10.9 Å². The van der Waals surface area contributed by atoms with Crippen molar-refractivity contribution >= 4 is 34.3 Å². The average Bonchev–Trinajstić information content (AvgIpc) is 3.47. The number of benzene rings is 3. The van der Waals surface area contributed by atoms with Gasteiger partial charge in [0.1, 0.15) is 11.9 Å². The van der Waals surface area contributed by atoms with Crippen molar-refractivity contribution in [1.82, 2.24) is 14.8 Å². The summed E-state index contributed by atoms with van der Waals surface area (Å²) in [5.41, 5.74) is 3.51. The molecule has 1 unspecified atom stereocenters. The number of anilines is 1. The predicted octanol–water partition coefficient (Wildman–Crippen LogP) is 3.97. The van der Waals surface area contributed by atoms with Gasteiger partial charge in [0.25, 0.3) is 11.8 Å². The van der Waals surface area contributed by atoms with Gasteiger partial charge in [0.15, 0.2) is 0 Å². The van der Waals surface area contributed by atoms with Crippen LogP contribution in [0.5, 0.6) is 5.75 Å². The molecule has 2 aliphatic rings. The minimum atomic E-state index is -0.554. The third kappa shape index (κ3) is 3.81. The molecule has 3 amide bonds. The first-order chi connectivity index (χ1) is 18.1. The number of ether oxygens (including phenoxy) is 1. The standard InChI is InChI=1S/C29H26N4O4/c1-37-20-10-11-24-19(18-20)12-15-31(24)17-14-30-26(34)13-16-32-27-21-6-2-3-7-22(21)29(36)33(27)25-9-5-4-8-23(25)28(32)35/h2-12,15,18,27H,13-14,16-17H2,1H3,(H,30,34). The van der Waals surface area contributed by atoms with E-state index in [0.29, 0.717) is 29.9 Å². The molecule has 8 nitrogen and oxygen atoms in total. The lowest BCUT2D eigenvalue weighted by Gasteiger charge is -2.40. The number of hydrogen-bond donors (Lipinski definition) is 1. The molecule has 37 heavy (non-hydrogen) atoms. The van der Waals surface area contributed by atoms with Gasteiger partial charge in [-0.05, 0) is 42.5 Å². The van der Waals surface area contributed by atoms with Crippen molar-refractivity contribution in [1.29, 1.82) is 0 Å². The van der Waals surface area contributed by atoms with Crippen LogP contribution >= 0.6 is 0 Å². The van der Waals surface area contributed by atoms with Crippen molar-refractivity contribution in [3.05, 3.63) is 95.7 Å². The topological polar surface area (TPSA) is 83.9 Å². The van der Waals surface area contributed by atoms with Crippen LogP contribution in [-0.4, -0.2) is 47.4 Å². The summed E-state index contributed by atoms with van der Waals surface area (Å²) >= 11 is 0. The van der Waals surface area contributed by atoms with E-state index in [2.05, 4.69) is 9.88 Å². The van der Waals surface area contributed by atoms with E-state index in [-0.39, 0.29) is 30.7 Å². The Labute approximate surface area is 214 Å². The number of carbonyl (C=O) groups excluding carboxylic acids is 3. The van der Waals surface area contributed by atoms with Gasteiger partial charge in [-0.2, -0.15) is 0 Å². The number of rotatable bonds is 7. The van der Waals surface area contributed by atoms with E-state index < -0.39 is 6.17 Å². The normalized spacial score (nSPS) is 16.0. The van der Waals surface area contributed by atoms with Crippen LogP contribution in [0.2, 0.25) is 0 Å². The number of hydrogen-bond acceptors (Lipinski definition) is 4. The van der Waals surface area contributed by atoms with Gasteiger partial charge in [-0.1, -0.05) is 30.3 Å². The summed E-state index contributed by atoms with van der Waals surface area (Å²) in [6.07, 6.45) is 1.57. The predicted molar refractivity (Wildman–Crippen MR) is 140 cm³/mol. The van der Waals surface area contributed by atoms with Crippen molar-refractivity contribution in [2.24, 2.45) is 0 Å². The van der Waals surface area contributed by atoms with Gasteiger partial charge in [0, 0.05) is 54.3 Å². The number of methoxy groups -OCH3 is 1. The number of nitrogens with one attached hydrogen (secondary N) is 1. The molecule has 0 saturated carbocycles. The first-order valence-electron chi connectivity index (χ1n) is 12.3. The first kappa shape index (κ1) is 22.8. The lowest BCUT2D eigenvalue weighted by atomic mass is 10.0. The fourth-order valence-corrected chi connectivity index (χ4v) is 5.33. The lowest BCUT2D eigenvalue weighted by Crippen LogP contribution is -2.49. The first-order valence-corrected chi connectivity index (χ1v) is 12.3. The Morgan fingerprint density at radius 2 is 1.70 bits per heavy atom. The molecule has 8 heteroatoms. The van der Waals surface area contributed by atoms with Gasteiger partial charge in [-0.3, -0.25) is 19.3 Å². The van der Waals surface area contributed by atoms with E-state index in [9.17, 15) is 14.4 Å². The zero-order valence-corrected chi connectivity index (χ0v) is 20.4. The molecule has 0 fully saturated rings. The third-order valence-corrected chi connectivity index (χ3v) is 7.12. The number of amides is 3. The van der Waals surface area contributed by atoms with Crippen LogP contribution in [0.3, 0.4) is 0 Å². The maximum atomic E-state index is 13.5. The fraction of sp³-hybridized carbons (Fsp3) is 0.207. The molecule has 1 N–H and O–H groups in total. The Balaban J connectivity index is 1.15. The van der Waals surface area contributed by atoms with Crippen LogP contribution in [0.1, 0.15) is 38.9 Å². The Bertz CT molecular complexity index is 1540. The number of carbonyl (C=O) groups is 3. The van der Waals surface area contributed by atoms with E-state index in [4.69, 9.17) is 4.74 Å². The minimum absolute atomic E-state index is 0.133. The molecule has 0 bridgehead atoms. The molecule has 0 radical (unpaired) electrons. The maximum Gasteiger partial charge on any atom is 0.260 e. The quantitative estimate of drug-likeness (QED) is 0.421. The van der Waals surface area contributed by atoms with Crippen LogP contribution in [0.4, 0.5) is 5.69 Å². The van der Waals surface area contributed by atoms with Gasteiger partial charge in [-0.15, -0.1) is 0 Å². The van der Waals surface area contributed by atoms with E-state index in [0.717, 1.165) is 22.2 Å². The molecule has 0 saturated heterocycles. The molecule has 1 aromatic heterocycles. The SMILES string of the molecule is COc1ccc2c(ccn2CCNC(=O)CCN2C(=O)c3ccccc3N3C(=O)c4ccccc4C23)c1. The number of para-hydroxylation sites is 1. The summed E-state index contributed by atoms with van der Waals surface area (Å²) in [5.74, 6) is 0.350. The molecule has 6 rings (SSSR count). The van der Waals surface area contributed by atoms with Gasteiger partial charge < -0.3 is 19.5 Å². The van der Waals surface area contributed by atoms with E-state index in [1.165, 1.54) is 0 Å². The maximum absolute atomic E-state index is 13.5. The van der Waals surface area contributed by atoms with Gasteiger partial charge in [-0.25, -0.2) is 0 Å². The van der Waals surface area contributed by atoms with Crippen molar-refractivity contribution in [2.75, 3.05) is 25.1 Å². The van der Waals surface area contributed by atoms with Crippen LogP contribution in [-0.2, 0) is 11.3 Å². The van der Waals surface area contributed by atoms with Crippen LogP contribution < -0.4 is 15.0 Å². The van der Waals surface area contributed by atoms with E-state index in [1.807, 2.05) is 54.7 Å². The zero-order valence-electron chi connectivity index (χ0n) is 20.4. The summed E-state index contributed by atoms with van der Waals surface area (Å²) in [7, 11) is 1.64. The molecule has 4 aromatic rings. The summed E-state index contributed by atoms with van der Waals surface area (Å²) in [5, 5.41) is 4.04. The molecule has 1 atom stereocenters.